The van der Waals surface area contributed by atoms with Crippen LogP contribution in [-0.2, 0) is 0 Å². The number of anilines is 1. The van der Waals surface area contributed by atoms with Crippen LogP contribution in [0.4, 0.5) is 5.69 Å². The third kappa shape index (κ3) is 3.37. The molecular formula is C19H20Cl2N4. The van der Waals surface area contributed by atoms with Gasteiger partial charge in [0.25, 0.3) is 0 Å². The molecule has 0 saturated carbocycles. The molecule has 3 rings (SSSR count). The van der Waals surface area contributed by atoms with Crippen LogP contribution in [0, 0.1) is 13.8 Å². The van der Waals surface area contributed by atoms with E-state index < -0.39 is 0 Å². The summed E-state index contributed by atoms with van der Waals surface area (Å²) >= 11 is 13.3. The zero-order valence-electron chi connectivity index (χ0n) is 14.5. The van der Waals surface area contributed by atoms with Crippen molar-refractivity contribution >= 4 is 28.9 Å². The maximum absolute atomic E-state index is 6.65. The summed E-state index contributed by atoms with van der Waals surface area (Å²) in [6, 6.07) is 5.96. The van der Waals surface area contributed by atoms with Gasteiger partial charge < -0.3 is 0 Å². The minimum atomic E-state index is 0.515. The van der Waals surface area contributed by atoms with Gasteiger partial charge in [0.15, 0.2) is 0 Å². The average Bonchev–Trinajstić information content (AvgIpc) is 3.13. The highest BCUT2D eigenvalue weighted by Crippen LogP contribution is 2.40. The number of hydrogen-bond acceptors (Lipinski definition) is 3. The van der Waals surface area contributed by atoms with E-state index in [9.17, 15) is 0 Å². The molecule has 0 radical (unpaired) electrons. The largest absolute Gasteiger partial charge is 0.279 e. The second-order valence-corrected chi connectivity index (χ2v) is 6.68. The van der Waals surface area contributed by atoms with Crippen LogP contribution in [0.1, 0.15) is 24.5 Å². The van der Waals surface area contributed by atoms with E-state index >= 15 is 0 Å². The summed E-state index contributed by atoms with van der Waals surface area (Å²) in [7, 11) is 0. The molecule has 0 fully saturated rings. The number of imidazole rings is 1. The minimum absolute atomic E-state index is 0.515. The number of rotatable bonds is 5. The molecule has 2 heterocycles. The quantitative estimate of drug-likeness (QED) is 0.586. The monoisotopic (exact) mass is 374 g/mol. The van der Waals surface area contributed by atoms with Crippen molar-refractivity contribution in [1.82, 2.24) is 14.6 Å². The van der Waals surface area contributed by atoms with Gasteiger partial charge in [0.05, 0.1) is 21.4 Å². The Bertz CT molecular complexity index is 875. The Morgan fingerprint density at radius 2 is 1.88 bits per heavy atom. The van der Waals surface area contributed by atoms with Crippen molar-refractivity contribution in [1.29, 1.82) is 0 Å². The zero-order valence-corrected chi connectivity index (χ0v) is 16.0. The third-order valence-electron chi connectivity index (χ3n) is 4.27. The fourth-order valence-electron chi connectivity index (χ4n) is 2.79. The van der Waals surface area contributed by atoms with E-state index in [1.807, 2.05) is 36.0 Å². The Morgan fingerprint density at radius 1 is 1.08 bits per heavy atom. The fraction of sp³-hybridized carbons (Fsp3) is 0.263. The van der Waals surface area contributed by atoms with Gasteiger partial charge >= 0.3 is 0 Å². The van der Waals surface area contributed by atoms with Gasteiger partial charge in [-0.1, -0.05) is 30.1 Å². The lowest BCUT2D eigenvalue weighted by atomic mass is 10.0. The summed E-state index contributed by atoms with van der Waals surface area (Å²) in [5, 5.41) is 3.09. The van der Waals surface area contributed by atoms with Crippen molar-refractivity contribution in [3.05, 3.63) is 64.3 Å². The highest BCUT2D eigenvalue weighted by molar-refractivity contribution is 6.45. The van der Waals surface area contributed by atoms with Gasteiger partial charge in [0.1, 0.15) is 6.33 Å². The first-order chi connectivity index (χ1) is 12.0. The number of benzene rings is 1. The maximum atomic E-state index is 6.65. The van der Waals surface area contributed by atoms with E-state index in [-0.39, 0.29) is 0 Å². The topological polar surface area (TPSA) is 34.0 Å². The van der Waals surface area contributed by atoms with Crippen LogP contribution in [0.25, 0.3) is 11.3 Å². The van der Waals surface area contributed by atoms with Gasteiger partial charge in [-0.25, -0.2) is 9.66 Å². The van der Waals surface area contributed by atoms with Crippen molar-refractivity contribution in [3.63, 3.8) is 0 Å². The molecule has 130 valence electrons. The number of aromatic nitrogens is 3. The van der Waals surface area contributed by atoms with Crippen molar-refractivity contribution in [2.45, 2.75) is 27.2 Å². The van der Waals surface area contributed by atoms with E-state index in [1.54, 1.807) is 18.7 Å². The lowest BCUT2D eigenvalue weighted by molar-refractivity contribution is 0.675. The van der Waals surface area contributed by atoms with Crippen LogP contribution in [-0.4, -0.2) is 21.2 Å². The van der Waals surface area contributed by atoms with Crippen LogP contribution in [0.15, 0.2) is 43.1 Å². The summed E-state index contributed by atoms with van der Waals surface area (Å²) in [6.07, 6.45) is 8.14. The molecule has 0 atom stereocenters. The molecule has 0 amide bonds. The summed E-state index contributed by atoms with van der Waals surface area (Å²) < 4.78 is 1.91. The number of halogens is 2. The Labute approximate surface area is 158 Å². The van der Waals surface area contributed by atoms with Crippen LogP contribution < -0.4 is 5.01 Å². The predicted octanol–water partition coefficient (Wildman–Crippen LogP) is 5.55. The van der Waals surface area contributed by atoms with E-state index in [0.29, 0.717) is 10.0 Å². The van der Waals surface area contributed by atoms with E-state index in [1.165, 1.54) is 5.56 Å². The maximum Gasteiger partial charge on any atom is 0.114 e. The Hall–Kier alpha value is -2.04. The number of hydrogen-bond donors (Lipinski definition) is 0. The van der Waals surface area contributed by atoms with Crippen LogP contribution >= 0.6 is 23.2 Å². The number of nitrogens with zero attached hydrogens (tertiary/aromatic N) is 4. The standard InChI is InChI=1S/C19H20Cl2N4/c1-4-10-25(24-11-9-22-12-24)16-6-5-15(17(20)18(16)21)19-14(3)13(2)7-8-23-19/h5-9,11-12H,4,10H2,1-3H3. The van der Waals surface area contributed by atoms with Gasteiger partial charge in [-0.15, -0.1) is 0 Å². The number of aryl methyl sites for hydroxylation is 1. The molecular weight excluding hydrogens is 355 g/mol. The third-order valence-corrected chi connectivity index (χ3v) is 5.15. The number of pyridine rings is 1. The molecule has 0 unspecified atom stereocenters. The van der Waals surface area contributed by atoms with Gasteiger partial charge in [0.2, 0.25) is 0 Å². The Kier molecular flexibility index (Phi) is 5.30. The van der Waals surface area contributed by atoms with Gasteiger partial charge in [-0.05, 0) is 49.6 Å². The molecule has 25 heavy (non-hydrogen) atoms. The van der Waals surface area contributed by atoms with Crippen LogP contribution in [0.2, 0.25) is 10.0 Å². The molecule has 0 bridgehead atoms. The first kappa shape index (κ1) is 17.8. The molecule has 4 nitrogen and oxygen atoms in total. The summed E-state index contributed by atoms with van der Waals surface area (Å²) in [6.45, 7) is 7.03. The van der Waals surface area contributed by atoms with Crippen molar-refractivity contribution in [3.8, 4) is 11.3 Å². The fourth-order valence-corrected chi connectivity index (χ4v) is 3.30. The van der Waals surface area contributed by atoms with Crippen molar-refractivity contribution < 1.29 is 0 Å². The van der Waals surface area contributed by atoms with Gasteiger partial charge in [0, 0.05) is 30.7 Å². The van der Waals surface area contributed by atoms with E-state index in [4.69, 9.17) is 23.2 Å². The molecule has 0 aliphatic rings. The van der Waals surface area contributed by atoms with Crippen molar-refractivity contribution in [2.75, 3.05) is 11.6 Å². The van der Waals surface area contributed by atoms with Crippen LogP contribution in [0.3, 0.4) is 0 Å². The second-order valence-electron chi connectivity index (χ2n) is 5.93. The van der Waals surface area contributed by atoms with Crippen LogP contribution in [0.5, 0.6) is 0 Å². The lowest BCUT2D eigenvalue weighted by Gasteiger charge is -2.27. The second kappa shape index (κ2) is 7.46. The Balaban J connectivity index is 2.10. The molecule has 2 aromatic heterocycles. The first-order valence-electron chi connectivity index (χ1n) is 8.21. The molecule has 0 aliphatic carbocycles. The highest BCUT2D eigenvalue weighted by Gasteiger charge is 2.18. The molecule has 0 spiro atoms. The van der Waals surface area contributed by atoms with E-state index in [0.717, 1.165) is 35.5 Å². The molecule has 3 aromatic rings. The average molecular weight is 375 g/mol. The van der Waals surface area contributed by atoms with Gasteiger partial charge in [-0.3, -0.25) is 9.99 Å². The summed E-state index contributed by atoms with van der Waals surface area (Å²) in [5.74, 6) is 0. The summed E-state index contributed by atoms with van der Waals surface area (Å²) in [5.41, 5.74) is 4.84. The van der Waals surface area contributed by atoms with Crippen molar-refractivity contribution in [2.24, 2.45) is 0 Å². The molecule has 0 saturated heterocycles. The van der Waals surface area contributed by atoms with Gasteiger partial charge in [-0.2, -0.15) is 0 Å². The summed E-state index contributed by atoms with van der Waals surface area (Å²) in [4.78, 5) is 8.62. The highest BCUT2D eigenvalue weighted by atomic mass is 35.5. The smallest absolute Gasteiger partial charge is 0.114 e. The SMILES string of the molecule is CCCN(c1ccc(-c2nccc(C)c2C)c(Cl)c1Cl)n1ccnc1. The molecule has 6 heteroatoms. The first-order valence-corrected chi connectivity index (χ1v) is 8.96. The zero-order chi connectivity index (χ0) is 18.0. The molecule has 0 N–H and O–H groups in total. The normalized spacial score (nSPS) is 10.9. The minimum Gasteiger partial charge on any atom is -0.279 e. The van der Waals surface area contributed by atoms with E-state index in [2.05, 4.69) is 28.8 Å². The molecule has 0 aliphatic heterocycles. The Morgan fingerprint density at radius 3 is 2.56 bits per heavy atom. The lowest BCUT2D eigenvalue weighted by Crippen LogP contribution is -2.29. The predicted molar refractivity (Wildman–Crippen MR) is 104 cm³/mol. The molecule has 1 aromatic carbocycles.